The topological polar surface area (TPSA) is 87.6 Å². The van der Waals surface area contributed by atoms with E-state index in [2.05, 4.69) is 28.3 Å². The van der Waals surface area contributed by atoms with E-state index in [-0.39, 0.29) is 21.8 Å². The molecular formula is C16H20AsN5. The summed E-state index contributed by atoms with van der Waals surface area (Å²) in [4.78, 5) is 8.80. The standard InChI is InChI=1S/C16H20AsN5/c1-3-13(19)8-17-15-7-14(12(9-18)10-20-15)22-16-6-4-5-11(2)21-16/h4-7,10,13,17H,3,8,19H2,1-2H3,(H,20,21,22). The van der Waals surface area contributed by atoms with Gasteiger partial charge in [0.05, 0.1) is 0 Å². The number of hydrogen-bond donors (Lipinski definition) is 2. The summed E-state index contributed by atoms with van der Waals surface area (Å²) in [6.45, 7) is 4.03. The molecule has 2 rings (SSSR count). The second kappa shape index (κ2) is 7.93. The van der Waals surface area contributed by atoms with E-state index in [4.69, 9.17) is 5.73 Å². The number of rotatable bonds is 6. The van der Waals surface area contributed by atoms with E-state index in [1.165, 1.54) is 0 Å². The van der Waals surface area contributed by atoms with E-state index >= 15 is 0 Å². The molecule has 0 amide bonds. The number of nitrogens with zero attached hydrogens (tertiary/aromatic N) is 3. The number of nitrogens with one attached hydrogen (secondary N) is 1. The Morgan fingerprint density at radius 2 is 2.27 bits per heavy atom. The van der Waals surface area contributed by atoms with Crippen LogP contribution in [-0.2, 0) is 0 Å². The molecule has 0 aliphatic heterocycles. The van der Waals surface area contributed by atoms with Crippen LogP contribution >= 0.6 is 0 Å². The second-order valence-electron chi connectivity index (χ2n) is 5.07. The van der Waals surface area contributed by atoms with Gasteiger partial charge in [-0.25, -0.2) is 0 Å². The van der Waals surface area contributed by atoms with E-state index in [0.717, 1.165) is 33.3 Å². The monoisotopic (exact) mass is 357 g/mol. The van der Waals surface area contributed by atoms with Gasteiger partial charge in [-0.2, -0.15) is 0 Å². The first kappa shape index (κ1) is 16.5. The molecule has 2 aromatic heterocycles. The Hall–Kier alpha value is -1.89. The number of pyridine rings is 2. The zero-order valence-corrected chi connectivity index (χ0v) is 14.9. The van der Waals surface area contributed by atoms with Crippen LogP contribution in [0.1, 0.15) is 24.6 Å². The SMILES string of the molecule is CCC(N)C[AsH]c1cc(Nc2cccc(C)n2)c(C#N)cn1. The molecule has 6 heteroatoms. The van der Waals surface area contributed by atoms with Crippen molar-refractivity contribution in [2.24, 2.45) is 5.73 Å². The quantitative estimate of drug-likeness (QED) is 0.767. The number of aryl methyl sites for hydroxylation is 1. The van der Waals surface area contributed by atoms with Gasteiger partial charge in [0.15, 0.2) is 0 Å². The average Bonchev–Trinajstić information content (AvgIpc) is 2.53. The molecule has 2 aromatic rings. The van der Waals surface area contributed by atoms with E-state index in [9.17, 15) is 5.26 Å². The summed E-state index contributed by atoms with van der Waals surface area (Å²) in [5.74, 6) is 0.735. The van der Waals surface area contributed by atoms with Crippen molar-refractivity contribution in [1.82, 2.24) is 9.97 Å². The Kier molecular flexibility index (Phi) is 5.94. The van der Waals surface area contributed by atoms with Crippen LogP contribution in [0.15, 0.2) is 30.5 Å². The Morgan fingerprint density at radius 1 is 1.45 bits per heavy atom. The van der Waals surface area contributed by atoms with Gasteiger partial charge in [0.25, 0.3) is 0 Å². The van der Waals surface area contributed by atoms with Gasteiger partial charge >= 0.3 is 137 Å². The number of nitriles is 1. The molecule has 0 bridgehead atoms. The van der Waals surface area contributed by atoms with Gasteiger partial charge in [-0.15, -0.1) is 0 Å². The molecule has 2 atom stereocenters. The molecule has 0 fully saturated rings. The van der Waals surface area contributed by atoms with Crippen LogP contribution in [0, 0.1) is 18.3 Å². The fraction of sp³-hybridized carbons (Fsp3) is 0.312. The van der Waals surface area contributed by atoms with E-state index in [1.807, 2.05) is 31.2 Å². The Bertz CT molecular complexity index is 680. The van der Waals surface area contributed by atoms with E-state index < -0.39 is 0 Å². The minimum absolute atomic E-state index is 0.243. The van der Waals surface area contributed by atoms with Crippen LogP contribution in [0.3, 0.4) is 0 Å². The third kappa shape index (κ3) is 4.56. The molecule has 114 valence electrons. The average molecular weight is 357 g/mol. The molecule has 0 aromatic carbocycles. The molecule has 0 saturated heterocycles. The van der Waals surface area contributed by atoms with Crippen molar-refractivity contribution in [3.8, 4) is 6.07 Å². The predicted octanol–water partition coefficient (Wildman–Crippen LogP) is 1.62. The first-order chi connectivity index (χ1) is 10.6. The first-order valence-corrected chi connectivity index (χ1v) is 9.76. The van der Waals surface area contributed by atoms with Gasteiger partial charge in [0, 0.05) is 0 Å². The molecule has 3 N–H and O–H groups in total. The van der Waals surface area contributed by atoms with Crippen LogP contribution in [0.2, 0.25) is 5.21 Å². The van der Waals surface area contributed by atoms with Crippen molar-refractivity contribution in [1.29, 1.82) is 5.26 Å². The zero-order valence-electron chi connectivity index (χ0n) is 12.8. The van der Waals surface area contributed by atoms with Crippen LogP contribution in [0.4, 0.5) is 11.5 Å². The number of hydrogen-bond acceptors (Lipinski definition) is 5. The van der Waals surface area contributed by atoms with Gasteiger partial charge in [-0.3, -0.25) is 0 Å². The molecule has 22 heavy (non-hydrogen) atoms. The molecule has 2 unspecified atom stereocenters. The third-order valence-corrected chi connectivity index (χ3v) is 6.11. The Labute approximate surface area is 137 Å². The zero-order chi connectivity index (χ0) is 15.9. The Balaban J connectivity index is 2.19. The van der Waals surface area contributed by atoms with E-state index in [0.29, 0.717) is 5.56 Å². The maximum absolute atomic E-state index is 9.24. The summed E-state index contributed by atoms with van der Waals surface area (Å²) >= 11 is -0.386. The van der Waals surface area contributed by atoms with Gasteiger partial charge in [-0.1, -0.05) is 0 Å². The second-order valence-corrected chi connectivity index (χ2v) is 7.74. The molecule has 0 radical (unpaired) electrons. The van der Waals surface area contributed by atoms with Crippen molar-refractivity contribution in [3.05, 3.63) is 41.7 Å². The van der Waals surface area contributed by atoms with Crippen LogP contribution in [0.5, 0.6) is 0 Å². The fourth-order valence-electron chi connectivity index (χ4n) is 1.88. The maximum atomic E-state index is 9.24. The third-order valence-electron chi connectivity index (χ3n) is 3.25. The summed E-state index contributed by atoms with van der Waals surface area (Å²) in [5.41, 5.74) is 8.20. The summed E-state index contributed by atoms with van der Waals surface area (Å²) in [7, 11) is 0. The number of nitrogens with two attached hydrogens (primary N) is 1. The van der Waals surface area contributed by atoms with Crippen molar-refractivity contribution in [2.75, 3.05) is 5.32 Å². The van der Waals surface area contributed by atoms with Gasteiger partial charge in [-0.05, 0) is 0 Å². The fourth-order valence-corrected chi connectivity index (χ4v) is 4.31. The van der Waals surface area contributed by atoms with Crippen LogP contribution < -0.4 is 15.5 Å². The Morgan fingerprint density at radius 3 is 2.95 bits per heavy atom. The molecule has 2 heterocycles. The molecular weight excluding hydrogens is 337 g/mol. The van der Waals surface area contributed by atoms with E-state index in [1.54, 1.807) is 6.20 Å². The normalized spacial score (nSPS) is 12.3. The summed E-state index contributed by atoms with van der Waals surface area (Å²) in [6.07, 6.45) is 2.62. The van der Waals surface area contributed by atoms with Crippen molar-refractivity contribution < 1.29 is 0 Å². The van der Waals surface area contributed by atoms with Crippen molar-refractivity contribution in [2.45, 2.75) is 31.5 Å². The van der Waals surface area contributed by atoms with Crippen molar-refractivity contribution in [3.63, 3.8) is 0 Å². The molecule has 0 aliphatic rings. The predicted molar refractivity (Wildman–Crippen MR) is 91.1 cm³/mol. The molecule has 5 nitrogen and oxygen atoms in total. The van der Waals surface area contributed by atoms with Crippen molar-refractivity contribution >= 4 is 31.7 Å². The molecule has 0 aliphatic carbocycles. The number of anilines is 2. The first-order valence-electron chi connectivity index (χ1n) is 7.22. The van der Waals surface area contributed by atoms with Crippen LogP contribution in [-0.4, -0.2) is 31.8 Å². The van der Waals surface area contributed by atoms with Gasteiger partial charge < -0.3 is 0 Å². The minimum atomic E-state index is -0.386. The summed E-state index contributed by atoms with van der Waals surface area (Å²) < 4.78 is 1.05. The molecule has 0 spiro atoms. The number of aromatic nitrogens is 2. The van der Waals surface area contributed by atoms with Gasteiger partial charge in [0.2, 0.25) is 0 Å². The van der Waals surface area contributed by atoms with Crippen LogP contribution in [0.25, 0.3) is 0 Å². The van der Waals surface area contributed by atoms with Gasteiger partial charge in [0.1, 0.15) is 0 Å². The molecule has 0 saturated carbocycles. The summed E-state index contributed by atoms with van der Waals surface area (Å²) in [6, 6.07) is 10.1. The summed E-state index contributed by atoms with van der Waals surface area (Å²) in [5, 5.41) is 13.5.